The van der Waals surface area contributed by atoms with Crippen LogP contribution in [0.3, 0.4) is 0 Å². The first-order chi connectivity index (χ1) is 10.6. The van der Waals surface area contributed by atoms with Crippen LogP contribution in [0, 0.1) is 0 Å². The summed E-state index contributed by atoms with van der Waals surface area (Å²) >= 11 is 0. The van der Waals surface area contributed by atoms with E-state index in [1.807, 2.05) is 0 Å². The van der Waals surface area contributed by atoms with Crippen LogP contribution >= 0.6 is 0 Å². The lowest BCUT2D eigenvalue weighted by Crippen LogP contribution is -2.31. The summed E-state index contributed by atoms with van der Waals surface area (Å²) in [7, 11) is 1.51. The summed E-state index contributed by atoms with van der Waals surface area (Å²) in [5.41, 5.74) is 14.2. The van der Waals surface area contributed by atoms with Crippen molar-refractivity contribution in [3.63, 3.8) is 0 Å². The van der Waals surface area contributed by atoms with E-state index in [2.05, 4.69) is 0 Å². The molecule has 0 aromatic heterocycles. The normalized spacial score (nSPS) is 13.6. The van der Waals surface area contributed by atoms with E-state index in [9.17, 15) is 9.59 Å². The first kappa shape index (κ1) is 14.1. The highest BCUT2D eigenvalue weighted by molar-refractivity contribution is 6.35. The van der Waals surface area contributed by atoms with Crippen LogP contribution in [-0.4, -0.2) is 18.9 Å². The molecule has 0 fully saturated rings. The molecule has 0 atom stereocenters. The molecule has 1 aliphatic rings. The van der Waals surface area contributed by atoms with Gasteiger partial charge in [-0.1, -0.05) is 12.1 Å². The molecule has 0 aliphatic carbocycles. The van der Waals surface area contributed by atoms with Gasteiger partial charge in [0.05, 0.1) is 29.1 Å². The first-order valence-electron chi connectivity index (χ1n) is 6.69. The van der Waals surface area contributed by atoms with Crippen LogP contribution in [0.25, 0.3) is 0 Å². The predicted octanol–water partition coefficient (Wildman–Crippen LogP) is 1.80. The van der Waals surface area contributed by atoms with Gasteiger partial charge in [-0.2, -0.15) is 0 Å². The Kier molecular flexibility index (Phi) is 3.30. The molecule has 4 N–H and O–H groups in total. The smallest absolute Gasteiger partial charge is 0.266 e. The third-order valence-corrected chi connectivity index (χ3v) is 3.66. The number of imide groups is 1. The minimum atomic E-state index is -0.407. The van der Waals surface area contributed by atoms with Crippen LogP contribution < -0.4 is 16.4 Å². The van der Waals surface area contributed by atoms with Crippen LogP contribution in [0.1, 0.15) is 26.3 Å². The zero-order valence-electron chi connectivity index (χ0n) is 12.0. The molecule has 0 unspecified atom stereocenters. The number of nitrogens with two attached hydrogens (primary N) is 2. The first-order valence-corrected chi connectivity index (χ1v) is 6.69. The van der Waals surface area contributed by atoms with Gasteiger partial charge in [0.15, 0.2) is 0 Å². The number of carbonyl (C=O) groups is 2. The quantitative estimate of drug-likeness (QED) is 0.665. The van der Waals surface area contributed by atoms with E-state index < -0.39 is 11.8 Å². The van der Waals surface area contributed by atoms with Gasteiger partial charge < -0.3 is 16.2 Å². The van der Waals surface area contributed by atoms with Crippen LogP contribution in [0.4, 0.5) is 17.1 Å². The Labute approximate surface area is 127 Å². The van der Waals surface area contributed by atoms with E-state index in [1.54, 1.807) is 36.4 Å². The maximum absolute atomic E-state index is 12.6. The summed E-state index contributed by atoms with van der Waals surface area (Å²) in [5, 5.41) is 0. The Morgan fingerprint density at radius 3 is 2.05 bits per heavy atom. The van der Waals surface area contributed by atoms with Gasteiger partial charge in [-0.05, 0) is 24.3 Å². The molecular weight excluding hydrogens is 282 g/mol. The number of hydrogen-bond acceptors (Lipinski definition) is 5. The number of carbonyl (C=O) groups excluding carboxylic acids is 2. The van der Waals surface area contributed by atoms with Crippen molar-refractivity contribution in [2.45, 2.75) is 6.61 Å². The minimum Gasteiger partial charge on any atom is -0.398 e. The van der Waals surface area contributed by atoms with Gasteiger partial charge in [0, 0.05) is 18.4 Å². The fourth-order valence-electron chi connectivity index (χ4n) is 2.62. The Morgan fingerprint density at radius 2 is 1.50 bits per heavy atom. The highest BCUT2D eigenvalue weighted by Crippen LogP contribution is 2.37. The lowest BCUT2D eigenvalue weighted by atomic mass is 10.1. The maximum Gasteiger partial charge on any atom is 0.266 e. The fraction of sp³-hybridized carbons (Fsp3) is 0.125. The number of ether oxygens (including phenoxy) is 1. The van der Waals surface area contributed by atoms with Crippen LogP contribution in [0.2, 0.25) is 0 Å². The number of methoxy groups -OCH3 is 1. The minimum absolute atomic E-state index is 0.152. The van der Waals surface area contributed by atoms with Crippen LogP contribution in [-0.2, 0) is 11.3 Å². The summed E-state index contributed by atoms with van der Waals surface area (Å²) < 4.78 is 5.13. The molecule has 3 rings (SSSR count). The Bertz CT molecular complexity index is 751. The molecule has 0 spiro atoms. The zero-order valence-corrected chi connectivity index (χ0v) is 12.0. The Balaban J connectivity index is 2.20. The van der Waals surface area contributed by atoms with Crippen molar-refractivity contribution < 1.29 is 14.3 Å². The van der Waals surface area contributed by atoms with E-state index in [0.717, 1.165) is 4.90 Å². The van der Waals surface area contributed by atoms with Gasteiger partial charge >= 0.3 is 0 Å². The topological polar surface area (TPSA) is 98.6 Å². The molecule has 0 saturated heterocycles. The Morgan fingerprint density at radius 1 is 0.955 bits per heavy atom. The second-order valence-electron chi connectivity index (χ2n) is 5.00. The highest BCUT2D eigenvalue weighted by atomic mass is 16.5. The van der Waals surface area contributed by atoms with Crippen molar-refractivity contribution in [2.75, 3.05) is 23.5 Å². The third kappa shape index (κ3) is 1.93. The number of nitrogen functional groups attached to an aromatic ring is 2. The molecule has 1 heterocycles. The molecule has 1 aliphatic heterocycles. The van der Waals surface area contributed by atoms with Crippen LogP contribution in [0.15, 0.2) is 36.4 Å². The van der Waals surface area contributed by atoms with Crippen LogP contribution in [0.5, 0.6) is 0 Å². The summed E-state index contributed by atoms with van der Waals surface area (Å²) in [4.78, 5) is 26.3. The van der Waals surface area contributed by atoms with E-state index in [-0.39, 0.29) is 6.61 Å². The fourth-order valence-corrected chi connectivity index (χ4v) is 2.62. The van der Waals surface area contributed by atoms with Gasteiger partial charge in [-0.3, -0.25) is 9.59 Å². The molecular formula is C16H15N3O3. The van der Waals surface area contributed by atoms with Crippen molar-refractivity contribution in [2.24, 2.45) is 0 Å². The molecule has 2 aromatic carbocycles. The van der Waals surface area contributed by atoms with Gasteiger partial charge in [0.2, 0.25) is 0 Å². The molecule has 2 aromatic rings. The standard InChI is InChI=1S/C16H15N3O3/c1-22-8-11-12(17)6-7-13(18)14(11)19-15(20)9-4-2-3-5-10(9)16(19)21/h2-7H,8,17-18H2,1H3. The number of hydrogen-bond donors (Lipinski definition) is 2. The van der Waals surface area contributed by atoms with Crippen molar-refractivity contribution in [3.8, 4) is 0 Å². The Hall–Kier alpha value is -2.86. The maximum atomic E-state index is 12.6. The van der Waals surface area contributed by atoms with E-state index >= 15 is 0 Å². The average Bonchev–Trinajstić information content (AvgIpc) is 2.76. The lowest BCUT2D eigenvalue weighted by molar-refractivity contribution is 0.0925. The predicted molar refractivity (Wildman–Crippen MR) is 83.6 cm³/mol. The average molecular weight is 297 g/mol. The summed E-state index contributed by atoms with van der Waals surface area (Å²) in [6.07, 6.45) is 0. The van der Waals surface area contributed by atoms with Crippen molar-refractivity contribution in [1.29, 1.82) is 0 Å². The van der Waals surface area contributed by atoms with Gasteiger partial charge in [0.1, 0.15) is 0 Å². The molecule has 2 amide bonds. The highest BCUT2D eigenvalue weighted by Gasteiger charge is 2.38. The third-order valence-electron chi connectivity index (χ3n) is 3.66. The number of benzene rings is 2. The molecule has 0 radical (unpaired) electrons. The largest absolute Gasteiger partial charge is 0.398 e. The zero-order chi connectivity index (χ0) is 15.9. The molecule has 0 bridgehead atoms. The van der Waals surface area contributed by atoms with E-state index in [4.69, 9.17) is 16.2 Å². The number of amides is 2. The number of nitrogens with zero attached hydrogens (tertiary/aromatic N) is 1. The SMILES string of the molecule is COCc1c(N)ccc(N)c1N1C(=O)c2ccccc2C1=O. The molecule has 6 nitrogen and oxygen atoms in total. The number of rotatable bonds is 3. The summed E-state index contributed by atoms with van der Waals surface area (Å²) in [6.45, 7) is 0.152. The number of fused-ring (bicyclic) bond motifs is 1. The van der Waals surface area contributed by atoms with Gasteiger partial charge in [0.25, 0.3) is 11.8 Å². The molecule has 0 saturated carbocycles. The van der Waals surface area contributed by atoms with E-state index in [1.165, 1.54) is 7.11 Å². The lowest BCUT2D eigenvalue weighted by Gasteiger charge is -2.21. The van der Waals surface area contributed by atoms with Gasteiger partial charge in [-0.25, -0.2) is 4.90 Å². The molecule has 22 heavy (non-hydrogen) atoms. The van der Waals surface area contributed by atoms with Crippen molar-refractivity contribution >= 4 is 28.9 Å². The molecule has 112 valence electrons. The second-order valence-corrected chi connectivity index (χ2v) is 5.00. The monoisotopic (exact) mass is 297 g/mol. The van der Waals surface area contributed by atoms with Gasteiger partial charge in [-0.15, -0.1) is 0 Å². The van der Waals surface area contributed by atoms with Crippen molar-refractivity contribution in [3.05, 3.63) is 53.1 Å². The summed E-state index contributed by atoms with van der Waals surface area (Å²) in [5.74, 6) is -0.814. The summed E-state index contributed by atoms with van der Waals surface area (Å²) in [6, 6.07) is 9.87. The molecule has 6 heteroatoms. The second kappa shape index (κ2) is 5.16. The van der Waals surface area contributed by atoms with Crippen molar-refractivity contribution in [1.82, 2.24) is 0 Å². The van der Waals surface area contributed by atoms with E-state index in [0.29, 0.717) is 33.8 Å². The number of anilines is 3.